The minimum Gasteiger partial charge on any atom is -0.496 e. The zero-order chi connectivity index (χ0) is 14.0. The van der Waals surface area contributed by atoms with E-state index in [4.69, 9.17) is 9.47 Å². The van der Waals surface area contributed by atoms with Gasteiger partial charge in [0.25, 0.3) is 0 Å². The predicted octanol–water partition coefficient (Wildman–Crippen LogP) is 1.90. The molecule has 2 N–H and O–H groups in total. The first-order chi connectivity index (χ1) is 9.13. The standard InChI is InChI=1S/C14H18N2O3/c1-8-12(9(17)7-15-2)13-10(18-3)5-6-11(19-4)14(13)16-8/h5-6,15-16H,7H2,1-4H3. The van der Waals surface area contributed by atoms with Gasteiger partial charge in [0.15, 0.2) is 5.78 Å². The summed E-state index contributed by atoms with van der Waals surface area (Å²) < 4.78 is 10.7. The molecule has 5 heteroatoms. The number of hydrogen-bond donors (Lipinski definition) is 2. The number of aryl methyl sites for hydroxylation is 1. The summed E-state index contributed by atoms with van der Waals surface area (Å²) >= 11 is 0. The molecule has 5 nitrogen and oxygen atoms in total. The van der Waals surface area contributed by atoms with Crippen molar-refractivity contribution in [2.75, 3.05) is 27.8 Å². The summed E-state index contributed by atoms with van der Waals surface area (Å²) in [6.07, 6.45) is 0. The van der Waals surface area contributed by atoms with Crippen molar-refractivity contribution in [1.29, 1.82) is 0 Å². The van der Waals surface area contributed by atoms with Gasteiger partial charge in [-0.3, -0.25) is 4.79 Å². The van der Waals surface area contributed by atoms with Crippen LogP contribution in [0.4, 0.5) is 0 Å². The maximum absolute atomic E-state index is 12.2. The first-order valence-electron chi connectivity index (χ1n) is 6.05. The van der Waals surface area contributed by atoms with E-state index in [1.54, 1.807) is 21.3 Å². The fourth-order valence-corrected chi connectivity index (χ4v) is 2.31. The van der Waals surface area contributed by atoms with E-state index in [0.29, 0.717) is 17.1 Å². The lowest BCUT2D eigenvalue weighted by atomic mass is 10.1. The third-order valence-electron chi connectivity index (χ3n) is 3.12. The first-order valence-corrected chi connectivity index (χ1v) is 6.05. The predicted molar refractivity (Wildman–Crippen MR) is 74.4 cm³/mol. The van der Waals surface area contributed by atoms with Crippen molar-refractivity contribution in [3.05, 3.63) is 23.4 Å². The number of ketones is 1. The van der Waals surface area contributed by atoms with E-state index in [0.717, 1.165) is 16.6 Å². The van der Waals surface area contributed by atoms with E-state index in [-0.39, 0.29) is 12.3 Å². The summed E-state index contributed by atoms with van der Waals surface area (Å²) in [5.74, 6) is 1.39. The van der Waals surface area contributed by atoms with Crippen LogP contribution in [0.15, 0.2) is 12.1 Å². The number of benzene rings is 1. The highest BCUT2D eigenvalue weighted by Crippen LogP contribution is 2.36. The van der Waals surface area contributed by atoms with Crippen molar-refractivity contribution in [2.24, 2.45) is 0 Å². The number of aromatic nitrogens is 1. The number of carbonyl (C=O) groups excluding carboxylic acids is 1. The van der Waals surface area contributed by atoms with Crippen molar-refractivity contribution in [1.82, 2.24) is 10.3 Å². The van der Waals surface area contributed by atoms with Crippen LogP contribution in [-0.4, -0.2) is 38.6 Å². The maximum atomic E-state index is 12.2. The van der Waals surface area contributed by atoms with Crippen LogP contribution in [0.3, 0.4) is 0 Å². The monoisotopic (exact) mass is 262 g/mol. The van der Waals surface area contributed by atoms with Crippen molar-refractivity contribution in [3.63, 3.8) is 0 Å². The topological polar surface area (TPSA) is 63.4 Å². The quantitative estimate of drug-likeness (QED) is 0.808. The van der Waals surface area contributed by atoms with E-state index < -0.39 is 0 Å². The van der Waals surface area contributed by atoms with E-state index in [1.807, 2.05) is 19.1 Å². The molecule has 0 spiro atoms. The Bertz CT molecular complexity index is 617. The number of Topliss-reactive ketones (excluding diaryl/α,β-unsaturated/α-hetero) is 1. The van der Waals surface area contributed by atoms with Crippen molar-refractivity contribution < 1.29 is 14.3 Å². The third kappa shape index (κ3) is 2.17. The normalized spacial score (nSPS) is 10.7. The number of aromatic amines is 1. The number of ether oxygens (including phenoxy) is 2. The van der Waals surface area contributed by atoms with E-state index in [2.05, 4.69) is 10.3 Å². The summed E-state index contributed by atoms with van der Waals surface area (Å²) in [6.45, 7) is 2.16. The van der Waals surface area contributed by atoms with Crippen LogP contribution >= 0.6 is 0 Å². The Morgan fingerprint density at radius 3 is 2.47 bits per heavy atom. The number of nitrogens with one attached hydrogen (secondary N) is 2. The van der Waals surface area contributed by atoms with Crippen LogP contribution < -0.4 is 14.8 Å². The number of carbonyl (C=O) groups is 1. The van der Waals surface area contributed by atoms with Gasteiger partial charge in [0.2, 0.25) is 0 Å². The van der Waals surface area contributed by atoms with E-state index in [1.165, 1.54) is 0 Å². The van der Waals surface area contributed by atoms with Gasteiger partial charge in [-0.2, -0.15) is 0 Å². The Kier molecular flexibility index (Phi) is 3.76. The van der Waals surface area contributed by atoms with Crippen LogP contribution in [0.1, 0.15) is 16.1 Å². The maximum Gasteiger partial charge on any atom is 0.179 e. The number of rotatable bonds is 5. The second-order valence-corrected chi connectivity index (χ2v) is 4.30. The minimum atomic E-state index is 0.0257. The molecule has 0 saturated carbocycles. The van der Waals surface area contributed by atoms with Crippen molar-refractivity contribution in [2.45, 2.75) is 6.92 Å². The average molecular weight is 262 g/mol. The molecule has 0 atom stereocenters. The molecule has 2 aromatic rings. The van der Waals surface area contributed by atoms with Gasteiger partial charge in [0.05, 0.1) is 37.2 Å². The molecule has 0 amide bonds. The molecule has 1 aromatic heterocycles. The minimum absolute atomic E-state index is 0.0257. The van der Waals surface area contributed by atoms with Gasteiger partial charge in [-0.25, -0.2) is 0 Å². The molecule has 0 fully saturated rings. The highest BCUT2D eigenvalue weighted by atomic mass is 16.5. The number of likely N-dealkylation sites (N-methyl/N-ethyl adjacent to an activating group) is 1. The fourth-order valence-electron chi connectivity index (χ4n) is 2.31. The zero-order valence-electron chi connectivity index (χ0n) is 11.6. The van der Waals surface area contributed by atoms with E-state index in [9.17, 15) is 4.79 Å². The zero-order valence-corrected chi connectivity index (χ0v) is 11.6. The molecule has 0 unspecified atom stereocenters. The van der Waals surface area contributed by atoms with Gasteiger partial charge in [0.1, 0.15) is 11.5 Å². The molecule has 0 saturated heterocycles. The largest absolute Gasteiger partial charge is 0.496 e. The molecule has 102 valence electrons. The molecule has 0 aliphatic heterocycles. The van der Waals surface area contributed by atoms with E-state index >= 15 is 0 Å². The van der Waals surface area contributed by atoms with Crippen molar-refractivity contribution >= 4 is 16.7 Å². The number of methoxy groups -OCH3 is 2. The molecular weight excluding hydrogens is 244 g/mol. The summed E-state index contributed by atoms with van der Waals surface area (Å²) in [7, 11) is 4.95. The van der Waals surface area contributed by atoms with Crippen LogP contribution in [-0.2, 0) is 0 Å². The van der Waals surface area contributed by atoms with Crippen molar-refractivity contribution in [3.8, 4) is 11.5 Å². The van der Waals surface area contributed by atoms with Gasteiger partial charge in [-0.05, 0) is 26.1 Å². The lowest BCUT2D eigenvalue weighted by molar-refractivity contribution is 0.0994. The molecule has 1 heterocycles. The second kappa shape index (κ2) is 5.32. The summed E-state index contributed by atoms with van der Waals surface area (Å²) in [5.41, 5.74) is 2.26. The van der Waals surface area contributed by atoms with Gasteiger partial charge in [-0.15, -0.1) is 0 Å². The van der Waals surface area contributed by atoms with Crippen LogP contribution in [0.25, 0.3) is 10.9 Å². The lowest BCUT2D eigenvalue weighted by Crippen LogP contribution is -2.19. The molecule has 0 radical (unpaired) electrons. The van der Waals surface area contributed by atoms with Crippen LogP contribution in [0.5, 0.6) is 11.5 Å². The third-order valence-corrected chi connectivity index (χ3v) is 3.12. The lowest BCUT2D eigenvalue weighted by Gasteiger charge is -2.07. The van der Waals surface area contributed by atoms with Gasteiger partial charge in [-0.1, -0.05) is 0 Å². The average Bonchev–Trinajstić information content (AvgIpc) is 2.74. The highest BCUT2D eigenvalue weighted by molar-refractivity contribution is 6.13. The Morgan fingerprint density at radius 2 is 1.89 bits per heavy atom. The van der Waals surface area contributed by atoms with Gasteiger partial charge in [0, 0.05) is 5.69 Å². The van der Waals surface area contributed by atoms with Crippen LogP contribution in [0.2, 0.25) is 0 Å². The Morgan fingerprint density at radius 1 is 1.26 bits per heavy atom. The molecule has 0 aliphatic carbocycles. The second-order valence-electron chi connectivity index (χ2n) is 4.30. The Balaban J connectivity index is 2.76. The molecule has 2 rings (SSSR count). The molecule has 0 aliphatic rings. The SMILES string of the molecule is CNCC(=O)c1c(C)[nH]c2c(OC)ccc(OC)c12. The van der Waals surface area contributed by atoms with Gasteiger partial charge < -0.3 is 19.8 Å². The molecule has 1 aromatic carbocycles. The highest BCUT2D eigenvalue weighted by Gasteiger charge is 2.21. The molecule has 19 heavy (non-hydrogen) atoms. The van der Waals surface area contributed by atoms with Gasteiger partial charge >= 0.3 is 0 Å². The molecule has 0 bridgehead atoms. The number of hydrogen-bond acceptors (Lipinski definition) is 4. The van der Waals surface area contributed by atoms with Crippen LogP contribution in [0, 0.1) is 6.92 Å². The first kappa shape index (κ1) is 13.4. The summed E-state index contributed by atoms with van der Waals surface area (Å²) in [4.78, 5) is 15.4. The Labute approximate surface area is 111 Å². The number of H-pyrrole nitrogens is 1. The summed E-state index contributed by atoms with van der Waals surface area (Å²) in [5, 5.41) is 3.66. The smallest absolute Gasteiger partial charge is 0.179 e. The summed E-state index contributed by atoms with van der Waals surface area (Å²) in [6, 6.07) is 3.63. The molecular formula is C14H18N2O3. The Hall–Kier alpha value is -2.01. The fraction of sp³-hybridized carbons (Fsp3) is 0.357. The number of fused-ring (bicyclic) bond motifs is 1.